The number of hydrogen-bond donors (Lipinski definition) is 2. The number of benzene rings is 1. The lowest BCUT2D eigenvalue weighted by Gasteiger charge is -2.37. The number of para-hydroxylation sites is 1. The Kier molecular flexibility index (Phi) is 4.48. The van der Waals surface area contributed by atoms with Crippen LogP contribution in [0.3, 0.4) is 0 Å². The van der Waals surface area contributed by atoms with E-state index >= 15 is 0 Å². The number of fused-ring (bicyclic) bond motifs is 1. The van der Waals surface area contributed by atoms with Crippen LogP contribution in [-0.4, -0.2) is 35.3 Å². The number of carbonyl (C=O) groups is 1. The predicted octanol–water partition coefficient (Wildman–Crippen LogP) is 2.52. The van der Waals surface area contributed by atoms with E-state index in [1.165, 1.54) is 0 Å². The molecule has 1 saturated carbocycles. The number of hydrogen-bond acceptors (Lipinski definition) is 4. The summed E-state index contributed by atoms with van der Waals surface area (Å²) in [6.45, 7) is 2.05. The predicted molar refractivity (Wildman–Crippen MR) is 88.6 cm³/mol. The average Bonchev–Trinajstić information content (AvgIpc) is 2.55. The zero-order valence-corrected chi connectivity index (χ0v) is 13.5. The monoisotopic (exact) mass is 314 g/mol. The number of pyridine rings is 1. The molecule has 1 amide bonds. The van der Waals surface area contributed by atoms with E-state index in [1.54, 1.807) is 13.2 Å². The van der Waals surface area contributed by atoms with Crippen LogP contribution in [0.25, 0.3) is 10.9 Å². The highest BCUT2D eigenvalue weighted by atomic mass is 16.5. The lowest BCUT2D eigenvalue weighted by molar-refractivity contribution is 0.0232. The van der Waals surface area contributed by atoms with E-state index in [2.05, 4.69) is 10.3 Å². The van der Waals surface area contributed by atoms with E-state index in [-0.39, 0.29) is 18.1 Å². The number of aliphatic hydroxyl groups excluding tert-OH is 1. The Labute approximate surface area is 135 Å². The van der Waals surface area contributed by atoms with Crippen molar-refractivity contribution < 1.29 is 14.6 Å². The normalized spacial score (nSPS) is 21.5. The third kappa shape index (κ3) is 3.15. The first-order valence-corrected chi connectivity index (χ1v) is 8.05. The van der Waals surface area contributed by atoms with Gasteiger partial charge in [-0.05, 0) is 37.3 Å². The van der Waals surface area contributed by atoms with Gasteiger partial charge >= 0.3 is 0 Å². The van der Waals surface area contributed by atoms with E-state index in [0.717, 1.165) is 30.2 Å². The molecule has 2 N–H and O–H groups in total. The number of rotatable bonds is 5. The molecule has 0 radical (unpaired) electrons. The Bertz CT molecular complexity index is 710. The minimum Gasteiger partial charge on any atom is -0.496 e. The molecule has 1 aromatic heterocycles. The van der Waals surface area contributed by atoms with E-state index in [4.69, 9.17) is 4.74 Å². The molecular weight excluding hydrogens is 292 g/mol. The van der Waals surface area contributed by atoms with Crippen LogP contribution >= 0.6 is 0 Å². The van der Waals surface area contributed by atoms with Crippen molar-refractivity contribution in [1.82, 2.24) is 10.3 Å². The highest BCUT2D eigenvalue weighted by molar-refractivity contribution is 5.97. The zero-order chi connectivity index (χ0) is 16.4. The molecule has 0 saturated heterocycles. The largest absolute Gasteiger partial charge is 0.496 e. The summed E-state index contributed by atoms with van der Waals surface area (Å²) in [6, 6.07) is 9.36. The summed E-state index contributed by atoms with van der Waals surface area (Å²) in [7, 11) is 1.59. The zero-order valence-electron chi connectivity index (χ0n) is 13.5. The van der Waals surface area contributed by atoms with E-state index in [9.17, 15) is 9.90 Å². The second-order valence-corrected chi connectivity index (χ2v) is 6.10. The molecule has 1 atom stereocenters. The van der Waals surface area contributed by atoms with E-state index < -0.39 is 0 Å². The van der Waals surface area contributed by atoms with Crippen molar-refractivity contribution in [3.63, 3.8) is 0 Å². The van der Waals surface area contributed by atoms with Crippen molar-refractivity contribution in [2.75, 3.05) is 7.11 Å². The molecule has 0 unspecified atom stereocenters. The fraction of sp³-hybridized carbons (Fsp3) is 0.444. The minimum absolute atomic E-state index is 0.0742. The lowest BCUT2D eigenvalue weighted by Crippen LogP contribution is -2.46. The molecule has 3 rings (SSSR count). The first kappa shape index (κ1) is 15.7. The summed E-state index contributed by atoms with van der Waals surface area (Å²) in [6.07, 6.45) is 2.14. The molecule has 1 aliphatic carbocycles. The number of amides is 1. The Hall–Kier alpha value is -2.14. The van der Waals surface area contributed by atoms with Crippen LogP contribution in [0.1, 0.15) is 36.7 Å². The van der Waals surface area contributed by atoms with Gasteiger partial charge in [-0.15, -0.1) is 0 Å². The summed E-state index contributed by atoms with van der Waals surface area (Å²) >= 11 is 0. The van der Waals surface area contributed by atoms with Gasteiger partial charge in [0.25, 0.3) is 5.91 Å². The van der Waals surface area contributed by atoms with Gasteiger partial charge < -0.3 is 15.2 Å². The highest BCUT2D eigenvalue weighted by Gasteiger charge is 2.34. The fourth-order valence-electron chi connectivity index (χ4n) is 3.18. The second-order valence-electron chi connectivity index (χ2n) is 6.10. The number of carbonyl (C=O) groups excluding carboxylic acids is 1. The number of aliphatic hydroxyl groups is 1. The smallest absolute Gasteiger partial charge is 0.270 e. The molecule has 5 nitrogen and oxygen atoms in total. The van der Waals surface area contributed by atoms with Crippen molar-refractivity contribution in [3.05, 3.63) is 36.0 Å². The maximum Gasteiger partial charge on any atom is 0.270 e. The van der Waals surface area contributed by atoms with Crippen LogP contribution in [0.15, 0.2) is 30.3 Å². The van der Waals surface area contributed by atoms with Gasteiger partial charge in [0.05, 0.1) is 18.7 Å². The number of ether oxygens (including phenoxy) is 1. The highest BCUT2D eigenvalue weighted by Crippen LogP contribution is 2.32. The van der Waals surface area contributed by atoms with Gasteiger partial charge in [-0.2, -0.15) is 0 Å². The summed E-state index contributed by atoms with van der Waals surface area (Å²) in [5.41, 5.74) is 1.10. The van der Waals surface area contributed by atoms with Crippen molar-refractivity contribution in [3.8, 4) is 5.75 Å². The maximum absolute atomic E-state index is 12.6. The topological polar surface area (TPSA) is 71.5 Å². The first-order valence-electron chi connectivity index (χ1n) is 8.05. The van der Waals surface area contributed by atoms with Crippen LogP contribution in [0.5, 0.6) is 5.75 Å². The molecular formula is C18H22N2O3. The molecule has 1 aliphatic rings. The summed E-state index contributed by atoms with van der Waals surface area (Å²) in [5, 5.41) is 13.4. The first-order chi connectivity index (χ1) is 11.1. The molecule has 1 heterocycles. The quantitative estimate of drug-likeness (QED) is 0.889. The standard InChI is InChI=1S/C18H22N2O3/c1-3-14(11-8-12(21)9-11)20-18(22)16-10-17(23-2)13-6-4-5-7-15(13)19-16/h4-7,10-12,14,21H,3,8-9H2,1-2H3,(H,20,22)/t11?,12?,14-/m1/s1. The second kappa shape index (κ2) is 6.54. The molecule has 1 aromatic carbocycles. The average molecular weight is 314 g/mol. The molecule has 122 valence electrons. The Morgan fingerprint density at radius 3 is 2.83 bits per heavy atom. The molecule has 1 fully saturated rings. The third-order valence-corrected chi connectivity index (χ3v) is 4.61. The van der Waals surface area contributed by atoms with Crippen LogP contribution in [0.4, 0.5) is 0 Å². The van der Waals surface area contributed by atoms with Gasteiger partial charge in [0, 0.05) is 17.5 Å². The van der Waals surface area contributed by atoms with Gasteiger partial charge in [0.15, 0.2) is 0 Å². The van der Waals surface area contributed by atoms with Gasteiger partial charge in [-0.3, -0.25) is 4.79 Å². The van der Waals surface area contributed by atoms with Crippen LogP contribution < -0.4 is 10.1 Å². The van der Waals surface area contributed by atoms with E-state index in [1.807, 2.05) is 31.2 Å². The van der Waals surface area contributed by atoms with Crippen LogP contribution in [0.2, 0.25) is 0 Å². The molecule has 23 heavy (non-hydrogen) atoms. The van der Waals surface area contributed by atoms with Crippen molar-refractivity contribution in [1.29, 1.82) is 0 Å². The molecule has 0 bridgehead atoms. The van der Waals surface area contributed by atoms with Crippen molar-refractivity contribution >= 4 is 16.8 Å². The van der Waals surface area contributed by atoms with Crippen molar-refractivity contribution in [2.45, 2.75) is 38.3 Å². The Morgan fingerprint density at radius 2 is 2.17 bits per heavy atom. The molecule has 2 aromatic rings. The number of aromatic nitrogens is 1. The fourth-order valence-corrected chi connectivity index (χ4v) is 3.18. The summed E-state index contributed by atoms with van der Waals surface area (Å²) < 4.78 is 5.39. The Balaban J connectivity index is 1.82. The van der Waals surface area contributed by atoms with E-state index in [0.29, 0.717) is 17.4 Å². The Morgan fingerprint density at radius 1 is 1.43 bits per heavy atom. The maximum atomic E-state index is 12.6. The number of methoxy groups -OCH3 is 1. The minimum atomic E-state index is -0.218. The number of nitrogens with one attached hydrogen (secondary N) is 1. The number of nitrogens with zero attached hydrogens (tertiary/aromatic N) is 1. The van der Waals surface area contributed by atoms with Gasteiger partial charge in [-0.1, -0.05) is 19.1 Å². The van der Waals surface area contributed by atoms with Crippen LogP contribution in [-0.2, 0) is 0 Å². The van der Waals surface area contributed by atoms with Crippen molar-refractivity contribution in [2.24, 2.45) is 5.92 Å². The lowest BCUT2D eigenvalue weighted by atomic mass is 9.76. The summed E-state index contributed by atoms with van der Waals surface area (Å²) in [4.78, 5) is 17.0. The van der Waals surface area contributed by atoms with Gasteiger partial charge in [-0.25, -0.2) is 4.98 Å². The molecule has 0 spiro atoms. The molecule has 0 aliphatic heterocycles. The van der Waals surface area contributed by atoms with Gasteiger partial charge in [0.1, 0.15) is 11.4 Å². The van der Waals surface area contributed by atoms with Gasteiger partial charge in [0.2, 0.25) is 0 Å². The summed E-state index contributed by atoms with van der Waals surface area (Å²) in [5.74, 6) is 0.802. The SMILES string of the molecule is CC[C@@H](NC(=O)c1cc(OC)c2ccccc2n1)C1CC(O)C1. The molecule has 5 heteroatoms. The third-order valence-electron chi connectivity index (χ3n) is 4.61. The van der Waals surface area contributed by atoms with Crippen LogP contribution in [0, 0.1) is 5.92 Å².